The lowest BCUT2D eigenvalue weighted by Gasteiger charge is -2.22. The lowest BCUT2D eigenvalue weighted by atomic mass is 10.0. The fraction of sp³-hybridized carbons (Fsp3) is 0.438. The molecule has 0 saturated carbocycles. The number of methoxy groups -OCH3 is 1. The number of allylic oxidation sites excluding steroid dienone is 2. The SMILES string of the molecule is COc1ccc(C(O)C(C)NC(=O)C2CC=CC2)cc1. The smallest absolute Gasteiger partial charge is 0.224 e. The predicted molar refractivity (Wildman–Crippen MR) is 77.4 cm³/mol. The molecule has 0 heterocycles. The van der Waals surface area contributed by atoms with E-state index < -0.39 is 6.10 Å². The Bertz CT molecular complexity index is 473. The summed E-state index contributed by atoms with van der Waals surface area (Å²) in [6.07, 6.45) is 4.90. The monoisotopic (exact) mass is 275 g/mol. The highest BCUT2D eigenvalue weighted by Crippen LogP contribution is 2.22. The van der Waals surface area contributed by atoms with Crippen LogP contribution in [0.2, 0.25) is 0 Å². The molecule has 0 spiro atoms. The van der Waals surface area contributed by atoms with E-state index in [0.29, 0.717) is 0 Å². The molecule has 4 nitrogen and oxygen atoms in total. The van der Waals surface area contributed by atoms with Crippen molar-refractivity contribution in [1.29, 1.82) is 0 Å². The van der Waals surface area contributed by atoms with E-state index in [1.54, 1.807) is 19.2 Å². The summed E-state index contributed by atoms with van der Waals surface area (Å²) < 4.78 is 5.08. The summed E-state index contributed by atoms with van der Waals surface area (Å²) in [6, 6.07) is 6.89. The Hall–Kier alpha value is -1.81. The molecule has 20 heavy (non-hydrogen) atoms. The minimum Gasteiger partial charge on any atom is -0.497 e. The van der Waals surface area contributed by atoms with Crippen molar-refractivity contribution in [2.75, 3.05) is 7.11 Å². The summed E-state index contributed by atoms with van der Waals surface area (Å²) in [5.41, 5.74) is 0.767. The van der Waals surface area contributed by atoms with Gasteiger partial charge in [0.1, 0.15) is 5.75 Å². The van der Waals surface area contributed by atoms with Crippen molar-refractivity contribution in [2.24, 2.45) is 5.92 Å². The first-order valence-electron chi connectivity index (χ1n) is 6.89. The molecule has 0 aliphatic heterocycles. The zero-order valence-electron chi connectivity index (χ0n) is 11.9. The standard InChI is InChI=1S/C16H21NO3/c1-11(17-16(19)13-5-3-4-6-13)15(18)12-7-9-14(20-2)10-8-12/h3-4,7-11,13,15,18H,5-6H2,1-2H3,(H,17,19). The third-order valence-corrected chi connectivity index (χ3v) is 3.68. The van der Waals surface area contributed by atoms with Crippen LogP contribution in [0.25, 0.3) is 0 Å². The Morgan fingerprint density at radius 3 is 2.45 bits per heavy atom. The van der Waals surface area contributed by atoms with Crippen molar-refractivity contribution in [3.8, 4) is 5.75 Å². The molecule has 0 bridgehead atoms. The van der Waals surface area contributed by atoms with Crippen LogP contribution in [0.1, 0.15) is 31.4 Å². The van der Waals surface area contributed by atoms with Gasteiger partial charge >= 0.3 is 0 Å². The molecular formula is C16H21NO3. The maximum Gasteiger partial charge on any atom is 0.224 e. The van der Waals surface area contributed by atoms with Crippen LogP contribution in [-0.4, -0.2) is 24.2 Å². The molecule has 0 aromatic heterocycles. The van der Waals surface area contributed by atoms with Gasteiger partial charge in [-0.1, -0.05) is 24.3 Å². The first kappa shape index (κ1) is 14.6. The molecule has 1 amide bonds. The largest absolute Gasteiger partial charge is 0.497 e. The van der Waals surface area contributed by atoms with E-state index in [0.717, 1.165) is 24.2 Å². The number of aliphatic hydroxyl groups excluding tert-OH is 1. The summed E-state index contributed by atoms with van der Waals surface area (Å²) in [5.74, 6) is 0.769. The highest BCUT2D eigenvalue weighted by molar-refractivity contribution is 5.79. The molecule has 2 N–H and O–H groups in total. The Morgan fingerprint density at radius 2 is 1.90 bits per heavy atom. The van der Waals surface area contributed by atoms with Gasteiger partial charge < -0.3 is 15.2 Å². The number of aliphatic hydroxyl groups is 1. The molecular weight excluding hydrogens is 254 g/mol. The highest BCUT2D eigenvalue weighted by atomic mass is 16.5. The van der Waals surface area contributed by atoms with Crippen molar-refractivity contribution >= 4 is 5.91 Å². The van der Waals surface area contributed by atoms with Crippen molar-refractivity contribution in [2.45, 2.75) is 31.9 Å². The molecule has 0 fully saturated rings. The Kier molecular flexibility index (Phi) is 4.79. The predicted octanol–water partition coefficient (Wildman–Crippen LogP) is 2.20. The van der Waals surface area contributed by atoms with E-state index in [-0.39, 0.29) is 17.9 Å². The van der Waals surface area contributed by atoms with Crippen molar-refractivity contribution in [3.05, 3.63) is 42.0 Å². The second kappa shape index (κ2) is 6.57. The highest BCUT2D eigenvalue weighted by Gasteiger charge is 2.24. The van der Waals surface area contributed by atoms with Gasteiger partial charge in [-0.3, -0.25) is 4.79 Å². The van der Waals surface area contributed by atoms with Gasteiger partial charge in [0.05, 0.1) is 19.3 Å². The van der Waals surface area contributed by atoms with E-state index in [2.05, 4.69) is 5.32 Å². The topological polar surface area (TPSA) is 58.6 Å². The van der Waals surface area contributed by atoms with Gasteiger partial charge in [-0.15, -0.1) is 0 Å². The fourth-order valence-electron chi connectivity index (χ4n) is 2.34. The van der Waals surface area contributed by atoms with Gasteiger partial charge in [-0.05, 0) is 37.5 Å². The zero-order chi connectivity index (χ0) is 14.5. The molecule has 1 aliphatic carbocycles. The van der Waals surface area contributed by atoms with E-state index >= 15 is 0 Å². The normalized spacial score (nSPS) is 17.8. The molecule has 1 aromatic carbocycles. The number of amides is 1. The van der Waals surface area contributed by atoms with Gasteiger partial charge in [0.25, 0.3) is 0 Å². The van der Waals surface area contributed by atoms with Crippen LogP contribution in [0, 0.1) is 5.92 Å². The molecule has 2 unspecified atom stereocenters. The number of ether oxygens (including phenoxy) is 1. The van der Waals surface area contributed by atoms with Crippen molar-refractivity contribution < 1.29 is 14.6 Å². The second-order valence-corrected chi connectivity index (χ2v) is 5.15. The Labute approximate surface area is 119 Å². The number of rotatable bonds is 5. The zero-order valence-corrected chi connectivity index (χ0v) is 11.9. The Balaban J connectivity index is 1.93. The molecule has 2 atom stereocenters. The lowest BCUT2D eigenvalue weighted by Crippen LogP contribution is -2.40. The molecule has 1 aromatic rings. The quantitative estimate of drug-likeness (QED) is 0.810. The molecule has 0 radical (unpaired) electrons. The van der Waals surface area contributed by atoms with Crippen LogP contribution in [0.5, 0.6) is 5.75 Å². The Morgan fingerprint density at radius 1 is 1.30 bits per heavy atom. The van der Waals surface area contributed by atoms with Crippen molar-refractivity contribution in [1.82, 2.24) is 5.32 Å². The van der Waals surface area contributed by atoms with Crippen LogP contribution in [0.4, 0.5) is 0 Å². The van der Waals surface area contributed by atoms with Gasteiger partial charge in [-0.2, -0.15) is 0 Å². The summed E-state index contributed by atoms with van der Waals surface area (Å²) in [7, 11) is 1.60. The third-order valence-electron chi connectivity index (χ3n) is 3.68. The minimum absolute atomic E-state index is 0.00932. The van der Waals surface area contributed by atoms with Gasteiger partial charge in [0.2, 0.25) is 5.91 Å². The van der Waals surface area contributed by atoms with Crippen LogP contribution in [-0.2, 0) is 4.79 Å². The fourth-order valence-corrected chi connectivity index (χ4v) is 2.34. The summed E-state index contributed by atoms with van der Waals surface area (Å²) in [4.78, 5) is 12.0. The molecule has 2 rings (SSSR count). The minimum atomic E-state index is -0.723. The summed E-state index contributed by atoms with van der Waals surface area (Å²) in [6.45, 7) is 1.81. The van der Waals surface area contributed by atoms with Crippen LogP contribution < -0.4 is 10.1 Å². The molecule has 4 heteroatoms. The average molecular weight is 275 g/mol. The molecule has 1 aliphatic rings. The van der Waals surface area contributed by atoms with E-state index in [1.807, 2.05) is 31.2 Å². The maximum atomic E-state index is 12.0. The second-order valence-electron chi connectivity index (χ2n) is 5.15. The van der Waals surface area contributed by atoms with E-state index in [1.165, 1.54) is 0 Å². The lowest BCUT2D eigenvalue weighted by molar-refractivity contribution is -0.126. The van der Waals surface area contributed by atoms with Crippen LogP contribution in [0.3, 0.4) is 0 Å². The van der Waals surface area contributed by atoms with E-state index in [4.69, 9.17) is 4.74 Å². The number of carbonyl (C=O) groups is 1. The maximum absolute atomic E-state index is 12.0. The number of hydrogen-bond donors (Lipinski definition) is 2. The van der Waals surface area contributed by atoms with Gasteiger partial charge in [-0.25, -0.2) is 0 Å². The number of benzene rings is 1. The van der Waals surface area contributed by atoms with Gasteiger partial charge in [0, 0.05) is 5.92 Å². The molecule has 0 saturated heterocycles. The summed E-state index contributed by atoms with van der Waals surface area (Å²) in [5, 5.41) is 13.2. The third kappa shape index (κ3) is 3.39. The number of hydrogen-bond acceptors (Lipinski definition) is 3. The summed E-state index contributed by atoms with van der Waals surface area (Å²) >= 11 is 0. The number of carbonyl (C=O) groups excluding carboxylic acids is 1. The first-order valence-corrected chi connectivity index (χ1v) is 6.89. The van der Waals surface area contributed by atoms with Crippen LogP contribution in [0.15, 0.2) is 36.4 Å². The van der Waals surface area contributed by atoms with E-state index in [9.17, 15) is 9.90 Å². The van der Waals surface area contributed by atoms with Crippen LogP contribution >= 0.6 is 0 Å². The first-order chi connectivity index (χ1) is 9.61. The average Bonchev–Trinajstić information content (AvgIpc) is 3.01. The molecule has 108 valence electrons. The van der Waals surface area contributed by atoms with Crippen molar-refractivity contribution in [3.63, 3.8) is 0 Å². The number of nitrogens with one attached hydrogen (secondary N) is 1. The van der Waals surface area contributed by atoms with Gasteiger partial charge in [0.15, 0.2) is 0 Å².